The van der Waals surface area contributed by atoms with Crippen LogP contribution in [0.15, 0.2) is 0 Å². The number of anilines is 1. The average molecular weight is 282 g/mol. The summed E-state index contributed by atoms with van der Waals surface area (Å²) in [5.41, 5.74) is 0. The number of nitrogens with zero attached hydrogens (tertiary/aromatic N) is 3. The number of rotatable bonds is 7. The van der Waals surface area contributed by atoms with Gasteiger partial charge >= 0.3 is 12.0 Å². The number of aromatic nitrogens is 3. The van der Waals surface area contributed by atoms with Crippen molar-refractivity contribution in [3.8, 4) is 12.0 Å². The van der Waals surface area contributed by atoms with E-state index in [1.165, 1.54) is 0 Å². The lowest BCUT2D eigenvalue weighted by atomic mass is 10.1. The lowest BCUT2D eigenvalue weighted by molar-refractivity contribution is 0.161. The molecule has 0 aromatic carbocycles. The summed E-state index contributed by atoms with van der Waals surface area (Å²) >= 11 is 0. The molecular weight excluding hydrogens is 260 g/mol. The highest BCUT2D eigenvalue weighted by Gasteiger charge is 2.17. The molecule has 1 aromatic heterocycles. The molecule has 2 rings (SSSR count). The Bertz CT molecular complexity index is 422. The Morgan fingerprint density at radius 1 is 1.30 bits per heavy atom. The van der Waals surface area contributed by atoms with Gasteiger partial charge in [-0.15, -0.1) is 4.98 Å². The predicted octanol–water partition coefficient (Wildman–Crippen LogP) is 1.51. The summed E-state index contributed by atoms with van der Waals surface area (Å²) in [6.07, 6.45) is 1.02. The summed E-state index contributed by atoms with van der Waals surface area (Å²) < 4.78 is 16.5. The normalized spacial score (nSPS) is 18.3. The molecule has 1 atom stereocenters. The highest BCUT2D eigenvalue weighted by Crippen LogP contribution is 2.17. The van der Waals surface area contributed by atoms with E-state index in [0.29, 0.717) is 24.5 Å². The van der Waals surface area contributed by atoms with Crippen molar-refractivity contribution in [2.45, 2.75) is 33.3 Å². The summed E-state index contributed by atoms with van der Waals surface area (Å²) in [6, 6.07) is 0.571. The zero-order chi connectivity index (χ0) is 14.4. The Morgan fingerprint density at radius 2 is 2.10 bits per heavy atom. The zero-order valence-electron chi connectivity index (χ0n) is 12.3. The highest BCUT2D eigenvalue weighted by atomic mass is 16.5. The van der Waals surface area contributed by atoms with Gasteiger partial charge in [0.2, 0.25) is 5.95 Å². The third kappa shape index (κ3) is 4.48. The molecule has 0 bridgehead atoms. The van der Waals surface area contributed by atoms with Crippen molar-refractivity contribution in [3.63, 3.8) is 0 Å². The van der Waals surface area contributed by atoms with Crippen LogP contribution in [0.5, 0.6) is 12.0 Å². The van der Waals surface area contributed by atoms with Crippen molar-refractivity contribution < 1.29 is 14.2 Å². The van der Waals surface area contributed by atoms with E-state index in [0.717, 1.165) is 26.2 Å². The molecule has 0 saturated carbocycles. The fourth-order valence-electron chi connectivity index (χ4n) is 1.81. The fraction of sp³-hybridized carbons (Fsp3) is 0.769. The first-order valence-electron chi connectivity index (χ1n) is 7.04. The monoisotopic (exact) mass is 282 g/mol. The standard InChI is InChI=1S/C13H22N4O3/c1-4-14-11-15-12(17-13(16-11)20-9(2)3)19-8-10-5-6-18-7-10/h9-10H,4-8H2,1-3H3,(H,14,15,16,17). The van der Waals surface area contributed by atoms with E-state index in [2.05, 4.69) is 20.3 Å². The molecule has 0 radical (unpaired) electrons. The second kappa shape index (κ2) is 7.23. The van der Waals surface area contributed by atoms with Gasteiger partial charge in [0.1, 0.15) is 0 Å². The Balaban J connectivity index is 2.02. The number of hydrogen-bond donors (Lipinski definition) is 1. The molecule has 1 fully saturated rings. The Morgan fingerprint density at radius 3 is 2.75 bits per heavy atom. The van der Waals surface area contributed by atoms with Crippen LogP contribution in [0.4, 0.5) is 5.95 Å². The van der Waals surface area contributed by atoms with Crippen molar-refractivity contribution in [2.75, 3.05) is 31.7 Å². The summed E-state index contributed by atoms with van der Waals surface area (Å²) in [4.78, 5) is 12.6. The molecule has 0 aliphatic carbocycles. The smallest absolute Gasteiger partial charge is 0.324 e. The topological polar surface area (TPSA) is 78.4 Å². The van der Waals surface area contributed by atoms with Gasteiger partial charge in [0.25, 0.3) is 0 Å². The number of ether oxygens (including phenoxy) is 3. The molecular formula is C13H22N4O3. The zero-order valence-corrected chi connectivity index (χ0v) is 12.3. The third-order valence-corrected chi connectivity index (χ3v) is 2.74. The fourth-order valence-corrected chi connectivity index (χ4v) is 1.81. The quantitative estimate of drug-likeness (QED) is 0.812. The van der Waals surface area contributed by atoms with Crippen molar-refractivity contribution in [1.82, 2.24) is 15.0 Å². The van der Waals surface area contributed by atoms with Crippen LogP contribution in [-0.4, -0.2) is 47.4 Å². The maximum Gasteiger partial charge on any atom is 0.324 e. The minimum Gasteiger partial charge on any atom is -0.463 e. The molecule has 0 amide bonds. The molecule has 20 heavy (non-hydrogen) atoms. The van der Waals surface area contributed by atoms with Crippen molar-refractivity contribution in [2.24, 2.45) is 5.92 Å². The molecule has 1 aliphatic rings. The first-order chi connectivity index (χ1) is 9.67. The molecule has 1 saturated heterocycles. The van der Waals surface area contributed by atoms with Gasteiger partial charge in [-0.3, -0.25) is 0 Å². The molecule has 2 heterocycles. The van der Waals surface area contributed by atoms with Crippen LogP contribution in [-0.2, 0) is 4.74 Å². The summed E-state index contributed by atoms with van der Waals surface area (Å²) in [5, 5.41) is 3.04. The Hall–Kier alpha value is -1.63. The minimum atomic E-state index is 0.00274. The van der Waals surface area contributed by atoms with Crippen LogP contribution in [0.2, 0.25) is 0 Å². The van der Waals surface area contributed by atoms with Gasteiger partial charge in [0, 0.05) is 19.1 Å². The third-order valence-electron chi connectivity index (χ3n) is 2.74. The predicted molar refractivity (Wildman–Crippen MR) is 74.2 cm³/mol. The van der Waals surface area contributed by atoms with Crippen molar-refractivity contribution in [1.29, 1.82) is 0 Å². The van der Waals surface area contributed by atoms with E-state index < -0.39 is 0 Å². The van der Waals surface area contributed by atoms with E-state index in [1.807, 2.05) is 20.8 Å². The maximum atomic E-state index is 5.64. The molecule has 1 aromatic rings. The van der Waals surface area contributed by atoms with Crippen LogP contribution >= 0.6 is 0 Å². The highest BCUT2D eigenvalue weighted by molar-refractivity contribution is 5.27. The summed E-state index contributed by atoms with van der Waals surface area (Å²) in [5.74, 6) is 0.875. The Labute approximate surface area is 119 Å². The minimum absolute atomic E-state index is 0.00274. The van der Waals surface area contributed by atoms with E-state index >= 15 is 0 Å². The average Bonchev–Trinajstić information content (AvgIpc) is 2.89. The van der Waals surface area contributed by atoms with Gasteiger partial charge in [-0.05, 0) is 27.2 Å². The summed E-state index contributed by atoms with van der Waals surface area (Å²) in [6.45, 7) is 8.64. The number of hydrogen-bond acceptors (Lipinski definition) is 7. The molecule has 1 aliphatic heterocycles. The lowest BCUT2D eigenvalue weighted by Gasteiger charge is -2.12. The lowest BCUT2D eigenvalue weighted by Crippen LogP contribution is -2.16. The maximum absolute atomic E-state index is 5.64. The van der Waals surface area contributed by atoms with Gasteiger partial charge in [0.05, 0.1) is 19.3 Å². The first-order valence-corrected chi connectivity index (χ1v) is 7.04. The molecule has 7 nitrogen and oxygen atoms in total. The van der Waals surface area contributed by atoms with Gasteiger partial charge < -0.3 is 19.5 Å². The van der Waals surface area contributed by atoms with E-state index in [9.17, 15) is 0 Å². The van der Waals surface area contributed by atoms with Crippen molar-refractivity contribution in [3.05, 3.63) is 0 Å². The van der Waals surface area contributed by atoms with E-state index in [-0.39, 0.29) is 12.1 Å². The molecule has 1 unspecified atom stereocenters. The first kappa shape index (κ1) is 14.8. The van der Waals surface area contributed by atoms with Gasteiger partial charge in [0.15, 0.2) is 0 Å². The molecule has 1 N–H and O–H groups in total. The molecule has 112 valence electrons. The van der Waals surface area contributed by atoms with E-state index in [1.54, 1.807) is 0 Å². The van der Waals surface area contributed by atoms with E-state index in [4.69, 9.17) is 14.2 Å². The van der Waals surface area contributed by atoms with Gasteiger partial charge in [-0.2, -0.15) is 9.97 Å². The SMILES string of the molecule is CCNc1nc(OCC2CCOC2)nc(OC(C)C)n1. The van der Waals surface area contributed by atoms with Crippen LogP contribution in [0.25, 0.3) is 0 Å². The second-order valence-electron chi connectivity index (χ2n) is 4.96. The molecule has 0 spiro atoms. The Kier molecular flexibility index (Phi) is 5.34. The summed E-state index contributed by atoms with van der Waals surface area (Å²) in [7, 11) is 0. The van der Waals surface area contributed by atoms with Crippen LogP contribution in [0, 0.1) is 5.92 Å². The van der Waals surface area contributed by atoms with Crippen LogP contribution < -0.4 is 14.8 Å². The van der Waals surface area contributed by atoms with Crippen LogP contribution in [0.3, 0.4) is 0 Å². The second-order valence-corrected chi connectivity index (χ2v) is 4.96. The largest absolute Gasteiger partial charge is 0.463 e. The number of nitrogens with one attached hydrogen (secondary N) is 1. The van der Waals surface area contributed by atoms with Crippen molar-refractivity contribution >= 4 is 5.95 Å². The van der Waals surface area contributed by atoms with Gasteiger partial charge in [-0.1, -0.05) is 0 Å². The van der Waals surface area contributed by atoms with Crippen LogP contribution in [0.1, 0.15) is 27.2 Å². The molecule has 7 heteroatoms. The van der Waals surface area contributed by atoms with Gasteiger partial charge in [-0.25, -0.2) is 0 Å².